The second-order valence-electron chi connectivity index (χ2n) is 6.11. The number of halogens is 2. The highest BCUT2D eigenvalue weighted by Crippen LogP contribution is 2.19. The number of imidazole rings is 1. The Balaban J connectivity index is 3.07. The number of carbonyl (C=O) groups is 2. The smallest absolute Gasteiger partial charge is 0.244 e. The number of aromatic nitrogens is 2. The first-order valence-corrected chi connectivity index (χ1v) is 10.3. The van der Waals surface area contributed by atoms with E-state index in [1.807, 2.05) is 46.8 Å². The number of ether oxygens (including phenoxy) is 1. The third kappa shape index (κ3) is 6.72. The Morgan fingerprint density at radius 3 is 2.54 bits per heavy atom. The van der Waals surface area contributed by atoms with Crippen molar-refractivity contribution in [3.8, 4) is 0 Å². The van der Waals surface area contributed by atoms with Crippen LogP contribution in [0.3, 0.4) is 0 Å². The van der Waals surface area contributed by atoms with Gasteiger partial charge in [-0.25, -0.2) is 4.98 Å². The summed E-state index contributed by atoms with van der Waals surface area (Å²) in [6.45, 7) is 9.78. The first-order valence-electron chi connectivity index (χ1n) is 9.06. The molecule has 0 unspecified atom stereocenters. The van der Waals surface area contributed by atoms with Gasteiger partial charge < -0.3 is 14.6 Å². The van der Waals surface area contributed by atoms with E-state index in [4.69, 9.17) is 16.3 Å². The average Bonchev–Trinajstić information content (AvgIpc) is 2.99. The van der Waals surface area contributed by atoms with Crippen molar-refractivity contribution in [2.24, 2.45) is 0 Å². The van der Waals surface area contributed by atoms with Crippen LogP contribution >= 0.6 is 27.5 Å². The molecular formula is C20H27BrClN3O3. The number of allylic oxidation sites excluding steroid dienone is 4. The molecule has 1 aromatic heterocycles. The third-order valence-corrected chi connectivity index (χ3v) is 4.86. The highest BCUT2D eigenvalue weighted by atomic mass is 79.9. The Kier molecular flexibility index (Phi) is 10.4. The molecule has 1 amide bonds. The molecule has 1 heterocycles. The van der Waals surface area contributed by atoms with E-state index in [0.29, 0.717) is 34.8 Å². The Labute approximate surface area is 179 Å². The fourth-order valence-electron chi connectivity index (χ4n) is 2.49. The van der Waals surface area contributed by atoms with Crippen molar-refractivity contribution in [3.05, 3.63) is 50.7 Å². The molecule has 0 aromatic carbocycles. The van der Waals surface area contributed by atoms with Gasteiger partial charge in [0.25, 0.3) is 0 Å². The maximum Gasteiger partial charge on any atom is 0.244 e. The topological polar surface area (TPSA) is 73.2 Å². The summed E-state index contributed by atoms with van der Waals surface area (Å²) in [7, 11) is 0. The number of rotatable bonds is 10. The molecule has 28 heavy (non-hydrogen) atoms. The minimum absolute atomic E-state index is 0.0550. The largest absolute Gasteiger partial charge is 0.374 e. The molecule has 1 rings (SSSR count). The monoisotopic (exact) mass is 471 g/mol. The van der Waals surface area contributed by atoms with E-state index >= 15 is 0 Å². The van der Waals surface area contributed by atoms with E-state index in [0.717, 1.165) is 11.1 Å². The van der Waals surface area contributed by atoms with Crippen molar-refractivity contribution >= 4 is 39.2 Å². The maximum absolute atomic E-state index is 12.6. The van der Waals surface area contributed by atoms with Gasteiger partial charge in [-0.1, -0.05) is 36.2 Å². The Hall–Kier alpha value is -1.70. The Morgan fingerprint density at radius 1 is 1.32 bits per heavy atom. The third-order valence-electron chi connectivity index (χ3n) is 4.04. The molecule has 6 nitrogen and oxygen atoms in total. The number of Topliss-reactive ketones (excluding diaryl/α,β-unsaturated/α-hetero) is 1. The number of hydrogen-bond acceptors (Lipinski definition) is 4. The van der Waals surface area contributed by atoms with Crippen LogP contribution in [0.4, 0.5) is 0 Å². The van der Waals surface area contributed by atoms with Crippen molar-refractivity contribution in [3.63, 3.8) is 0 Å². The molecule has 1 aromatic rings. The zero-order valence-corrected chi connectivity index (χ0v) is 19.3. The van der Waals surface area contributed by atoms with Gasteiger partial charge in [-0.05, 0) is 55.6 Å². The van der Waals surface area contributed by atoms with Gasteiger partial charge in [-0.15, -0.1) is 0 Å². The number of carbonyl (C=O) groups excluding carboxylic acids is 2. The molecule has 0 radical (unpaired) electrons. The minimum Gasteiger partial charge on any atom is -0.374 e. The lowest BCUT2D eigenvalue weighted by atomic mass is 10.1. The van der Waals surface area contributed by atoms with Gasteiger partial charge >= 0.3 is 0 Å². The van der Waals surface area contributed by atoms with Gasteiger partial charge in [0.15, 0.2) is 4.73 Å². The van der Waals surface area contributed by atoms with Crippen LogP contribution in [0.5, 0.6) is 0 Å². The summed E-state index contributed by atoms with van der Waals surface area (Å²) in [5.41, 5.74) is 4.71. The van der Waals surface area contributed by atoms with E-state index in [1.165, 1.54) is 5.54 Å². The predicted molar refractivity (Wildman–Crippen MR) is 115 cm³/mol. The van der Waals surface area contributed by atoms with Crippen LogP contribution < -0.4 is 5.32 Å². The fourth-order valence-corrected chi connectivity index (χ4v) is 3.23. The lowest BCUT2D eigenvalue weighted by Crippen LogP contribution is -2.29. The fraction of sp³-hybridized carbons (Fsp3) is 0.450. The van der Waals surface area contributed by atoms with Gasteiger partial charge in [0.05, 0.1) is 11.4 Å². The van der Waals surface area contributed by atoms with Crippen LogP contribution in [-0.2, 0) is 22.5 Å². The molecule has 0 aliphatic carbocycles. The van der Waals surface area contributed by atoms with Crippen molar-refractivity contribution < 1.29 is 14.3 Å². The van der Waals surface area contributed by atoms with Crippen molar-refractivity contribution in [1.29, 1.82) is 0 Å². The van der Waals surface area contributed by atoms with Gasteiger partial charge in [0.2, 0.25) is 11.7 Å². The maximum atomic E-state index is 12.6. The second kappa shape index (κ2) is 12.0. The van der Waals surface area contributed by atoms with Gasteiger partial charge in [0.1, 0.15) is 18.8 Å². The number of ketones is 1. The van der Waals surface area contributed by atoms with Crippen LogP contribution in [-0.4, -0.2) is 34.5 Å². The minimum atomic E-state index is -0.316. The highest BCUT2D eigenvalue weighted by molar-refractivity contribution is 9.10. The molecule has 8 heteroatoms. The SMILES string of the molecule is C\C=C(C)/C=C(C)\C(=C\Cl)NC(=O)Cn1c(Br)nc(CC)c1C(=O)COCC. The van der Waals surface area contributed by atoms with Gasteiger partial charge in [-0.3, -0.25) is 9.59 Å². The molecule has 0 bridgehead atoms. The molecule has 0 saturated carbocycles. The molecule has 1 N–H and O–H groups in total. The van der Waals surface area contributed by atoms with Crippen molar-refractivity contribution in [2.75, 3.05) is 13.2 Å². The zero-order valence-electron chi connectivity index (χ0n) is 16.9. The van der Waals surface area contributed by atoms with Crippen LogP contribution in [0.15, 0.2) is 39.3 Å². The van der Waals surface area contributed by atoms with Crippen LogP contribution in [0, 0.1) is 0 Å². The summed E-state index contributed by atoms with van der Waals surface area (Å²) in [5, 5.41) is 2.79. The molecule has 0 spiro atoms. The first-order chi connectivity index (χ1) is 13.3. The summed E-state index contributed by atoms with van der Waals surface area (Å²) < 4.78 is 7.21. The molecule has 154 valence electrons. The van der Waals surface area contributed by atoms with E-state index in [1.54, 1.807) is 4.57 Å². The molecule has 0 aliphatic heterocycles. The summed E-state index contributed by atoms with van der Waals surface area (Å²) in [4.78, 5) is 29.5. The van der Waals surface area contributed by atoms with E-state index in [-0.39, 0.29) is 24.8 Å². The number of nitrogens with zero attached hydrogens (tertiary/aromatic N) is 2. The molecular weight excluding hydrogens is 446 g/mol. The van der Waals surface area contributed by atoms with Gasteiger partial charge in [0, 0.05) is 12.1 Å². The summed E-state index contributed by atoms with van der Waals surface area (Å²) in [5.74, 6) is -0.526. The summed E-state index contributed by atoms with van der Waals surface area (Å²) in [6.07, 6.45) is 4.45. The van der Waals surface area contributed by atoms with E-state index in [2.05, 4.69) is 26.2 Å². The quantitative estimate of drug-likeness (QED) is 0.401. The zero-order chi connectivity index (χ0) is 21.3. The van der Waals surface area contributed by atoms with Crippen LogP contribution in [0.2, 0.25) is 0 Å². The summed E-state index contributed by atoms with van der Waals surface area (Å²) >= 11 is 9.24. The molecule has 0 fully saturated rings. The van der Waals surface area contributed by atoms with Crippen LogP contribution in [0.1, 0.15) is 50.8 Å². The Morgan fingerprint density at radius 2 is 2.00 bits per heavy atom. The number of aryl methyl sites for hydroxylation is 1. The van der Waals surface area contributed by atoms with Crippen molar-refractivity contribution in [2.45, 2.75) is 47.6 Å². The lowest BCUT2D eigenvalue weighted by molar-refractivity contribution is -0.120. The van der Waals surface area contributed by atoms with Crippen LogP contribution in [0.25, 0.3) is 0 Å². The second-order valence-corrected chi connectivity index (χ2v) is 7.03. The predicted octanol–water partition coefficient (Wildman–Crippen LogP) is 4.54. The van der Waals surface area contributed by atoms with E-state index < -0.39 is 0 Å². The van der Waals surface area contributed by atoms with Crippen molar-refractivity contribution in [1.82, 2.24) is 14.9 Å². The Bertz CT molecular complexity index is 810. The number of amides is 1. The standard InChI is InChI=1S/C20H27BrClN3O3/c1-6-13(4)9-14(5)16(10-22)23-18(27)11-25-19(17(26)12-28-8-3)15(7-2)24-20(25)21/h6,9-10H,7-8,11-12H2,1-5H3,(H,23,27)/b13-6-,14-9-,16-10-. The first kappa shape index (κ1) is 24.3. The molecule has 0 aliphatic rings. The highest BCUT2D eigenvalue weighted by Gasteiger charge is 2.23. The van der Waals surface area contributed by atoms with E-state index in [9.17, 15) is 9.59 Å². The van der Waals surface area contributed by atoms with Gasteiger partial charge in [-0.2, -0.15) is 0 Å². The normalized spacial score (nSPS) is 13.0. The molecule has 0 saturated heterocycles. The lowest BCUT2D eigenvalue weighted by Gasteiger charge is -2.13. The summed E-state index contributed by atoms with van der Waals surface area (Å²) in [6, 6.07) is 0. The average molecular weight is 473 g/mol. The number of nitrogens with one attached hydrogen (secondary N) is 1. The number of hydrogen-bond donors (Lipinski definition) is 1. The molecule has 0 atom stereocenters.